The molecule has 26 heavy (non-hydrogen) atoms. The lowest BCUT2D eigenvalue weighted by atomic mass is 10.1. The van der Waals surface area contributed by atoms with Crippen LogP contribution in [0.3, 0.4) is 0 Å². The smallest absolute Gasteiger partial charge is 0.387 e. The summed E-state index contributed by atoms with van der Waals surface area (Å²) in [7, 11) is 0. The number of alkyl halides is 2. The summed E-state index contributed by atoms with van der Waals surface area (Å²) in [5.41, 5.74) is 1.22. The first-order valence-electron chi connectivity index (χ1n) is 8.28. The molecule has 3 rings (SSSR count). The van der Waals surface area contributed by atoms with Gasteiger partial charge in [-0.1, -0.05) is 6.07 Å². The minimum Gasteiger partial charge on any atom is -0.489 e. The van der Waals surface area contributed by atoms with Gasteiger partial charge in [-0.05, 0) is 48.1 Å². The number of benzene rings is 1. The highest BCUT2D eigenvalue weighted by molar-refractivity contribution is 5.90. The van der Waals surface area contributed by atoms with Crippen molar-refractivity contribution in [1.29, 1.82) is 0 Å². The van der Waals surface area contributed by atoms with Gasteiger partial charge in [-0.3, -0.25) is 4.79 Å². The lowest BCUT2D eigenvalue weighted by Crippen LogP contribution is -2.39. The summed E-state index contributed by atoms with van der Waals surface area (Å²) >= 11 is 0. The van der Waals surface area contributed by atoms with Crippen molar-refractivity contribution >= 4 is 17.4 Å². The minimum atomic E-state index is -2.97. The Morgan fingerprint density at radius 1 is 1.31 bits per heavy atom. The first-order chi connectivity index (χ1) is 12.3. The highest BCUT2D eigenvalue weighted by Gasteiger charge is 2.33. The molecule has 1 amide bonds. The van der Waals surface area contributed by atoms with Gasteiger partial charge in [0.2, 0.25) is 5.91 Å². The van der Waals surface area contributed by atoms with Gasteiger partial charge in [0, 0.05) is 13.5 Å². The van der Waals surface area contributed by atoms with Crippen molar-refractivity contribution in [2.24, 2.45) is 5.92 Å². The number of carbonyl (C=O) groups is 2. The van der Waals surface area contributed by atoms with Crippen molar-refractivity contribution in [2.45, 2.75) is 32.4 Å². The van der Waals surface area contributed by atoms with Crippen LogP contribution in [0.15, 0.2) is 24.3 Å². The molecule has 1 fully saturated rings. The van der Waals surface area contributed by atoms with E-state index < -0.39 is 18.6 Å². The zero-order chi connectivity index (χ0) is 18.8. The Labute approximate surface area is 149 Å². The number of halogens is 2. The van der Waals surface area contributed by atoms with Crippen LogP contribution in [0.25, 0.3) is 5.57 Å². The Morgan fingerprint density at radius 2 is 2.04 bits per heavy atom. The summed E-state index contributed by atoms with van der Waals surface area (Å²) in [5, 5.41) is 9.28. The number of rotatable bonds is 7. The molecule has 6 nitrogen and oxygen atoms in total. The monoisotopic (exact) mass is 367 g/mol. The van der Waals surface area contributed by atoms with E-state index >= 15 is 0 Å². The van der Waals surface area contributed by atoms with E-state index in [1.807, 2.05) is 0 Å². The van der Waals surface area contributed by atoms with Gasteiger partial charge in [0.05, 0.1) is 6.61 Å². The molecule has 1 unspecified atom stereocenters. The van der Waals surface area contributed by atoms with Crippen molar-refractivity contribution in [3.63, 3.8) is 0 Å². The van der Waals surface area contributed by atoms with Crippen LogP contribution in [0.5, 0.6) is 11.5 Å². The second kappa shape index (κ2) is 7.31. The van der Waals surface area contributed by atoms with Gasteiger partial charge < -0.3 is 19.5 Å². The largest absolute Gasteiger partial charge is 0.489 e. The third-order valence-corrected chi connectivity index (χ3v) is 4.40. The van der Waals surface area contributed by atoms with E-state index in [0.29, 0.717) is 23.7 Å². The van der Waals surface area contributed by atoms with E-state index in [0.717, 1.165) is 12.8 Å². The molecule has 0 spiro atoms. The minimum absolute atomic E-state index is 0.0683. The summed E-state index contributed by atoms with van der Waals surface area (Å²) in [6, 6.07) is 3.43. The average molecular weight is 367 g/mol. The maximum atomic E-state index is 12.6. The Morgan fingerprint density at radius 3 is 2.58 bits per heavy atom. The molecule has 1 aliphatic carbocycles. The second-order valence-electron chi connectivity index (χ2n) is 6.42. The molecule has 1 aliphatic heterocycles. The molecule has 1 aromatic carbocycles. The lowest BCUT2D eigenvalue weighted by molar-refractivity contribution is -0.146. The number of carboxylic acids is 1. The van der Waals surface area contributed by atoms with Gasteiger partial charge in [0.1, 0.15) is 6.04 Å². The standard InChI is InChI=1S/C18H19F2NO5/c1-10(22)21-8-13(6-14(21)17(23)24)12-4-5-15(26-18(19)20)16(7-12)25-9-11-2-3-11/h4-7,11,14,18H,2-3,8-9H2,1H3,(H,23,24). The molecule has 0 bridgehead atoms. The quantitative estimate of drug-likeness (QED) is 0.802. The van der Waals surface area contributed by atoms with Crippen LogP contribution in [-0.2, 0) is 9.59 Å². The van der Waals surface area contributed by atoms with Gasteiger partial charge in [-0.25, -0.2) is 4.79 Å². The predicted octanol–water partition coefficient (Wildman–Crippen LogP) is 2.78. The van der Waals surface area contributed by atoms with Crippen LogP contribution >= 0.6 is 0 Å². The van der Waals surface area contributed by atoms with Gasteiger partial charge in [0.15, 0.2) is 11.5 Å². The highest BCUT2D eigenvalue weighted by Crippen LogP contribution is 2.36. The summed E-state index contributed by atoms with van der Waals surface area (Å²) in [4.78, 5) is 24.2. The van der Waals surface area contributed by atoms with E-state index in [1.165, 1.54) is 24.0 Å². The normalized spacial score (nSPS) is 19.5. The van der Waals surface area contributed by atoms with Gasteiger partial charge >= 0.3 is 12.6 Å². The number of nitrogens with zero attached hydrogens (tertiary/aromatic N) is 1. The molecule has 1 saturated carbocycles. The van der Waals surface area contributed by atoms with Gasteiger partial charge in [0.25, 0.3) is 0 Å². The molecule has 1 atom stereocenters. The molecular weight excluding hydrogens is 348 g/mol. The van der Waals surface area contributed by atoms with Crippen molar-refractivity contribution in [3.05, 3.63) is 29.8 Å². The van der Waals surface area contributed by atoms with Crippen LogP contribution in [0.4, 0.5) is 8.78 Å². The zero-order valence-electron chi connectivity index (χ0n) is 14.2. The van der Waals surface area contributed by atoms with Crippen LogP contribution < -0.4 is 9.47 Å². The molecule has 0 aromatic heterocycles. The topological polar surface area (TPSA) is 76.1 Å². The Bertz CT molecular complexity index is 745. The lowest BCUT2D eigenvalue weighted by Gasteiger charge is -2.19. The molecule has 1 heterocycles. The number of ether oxygens (including phenoxy) is 2. The van der Waals surface area contributed by atoms with Crippen LogP contribution in [0.1, 0.15) is 25.3 Å². The molecule has 0 radical (unpaired) electrons. The predicted molar refractivity (Wildman–Crippen MR) is 88.1 cm³/mol. The zero-order valence-corrected chi connectivity index (χ0v) is 14.2. The van der Waals surface area contributed by atoms with E-state index in [-0.39, 0.29) is 24.0 Å². The van der Waals surface area contributed by atoms with Gasteiger partial charge in [-0.2, -0.15) is 8.78 Å². The fraction of sp³-hybridized carbons (Fsp3) is 0.444. The number of amides is 1. The van der Waals surface area contributed by atoms with Crippen molar-refractivity contribution in [2.75, 3.05) is 13.2 Å². The first kappa shape index (κ1) is 18.2. The van der Waals surface area contributed by atoms with Crippen molar-refractivity contribution in [3.8, 4) is 11.5 Å². The van der Waals surface area contributed by atoms with Crippen molar-refractivity contribution < 1.29 is 33.0 Å². The highest BCUT2D eigenvalue weighted by atomic mass is 19.3. The second-order valence-corrected chi connectivity index (χ2v) is 6.42. The third kappa shape index (κ3) is 4.12. The van der Waals surface area contributed by atoms with Crippen LogP contribution in [0.2, 0.25) is 0 Å². The van der Waals surface area contributed by atoms with Gasteiger partial charge in [-0.15, -0.1) is 0 Å². The van der Waals surface area contributed by atoms with E-state index in [2.05, 4.69) is 4.74 Å². The Balaban J connectivity index is 1.86. The molecular formula is C18H19F2NO5. The van der Waals surface area contributed by atoms with E-state index in [4.69, 9.17) is 4.74 Å². The van der Waals surface area contributed by atoms with Crippen LogP contribution in [0, 0.1) is 5.92 Å². The number of hydrogen-bond acceptors (Lipinski definition) is 4. The van der Waals surface area contributed by atoms with Crippen LogP contribution in [-0.4, -0.2) is 47.7 Å². The molecule has 140 valence electrons. The molecule has 1 N–H and O–H groups in total. The number of carboxylic acid groups (broad SMARTS) is 1. The Hall–Kier alpha value is -2.64. The average Bonchev–Trinajstić information content (AvgIpc) is 3.28. The molecule has 8 heteroatoms. The summed E-state index contributed by atoms with van der Waals surface area (Å²) in [6.07, 6.45) is 3.57. The molecule has 2 aliphatic rings. The number of hydrogen-bond donors (Lipinski definition) is 1. The first-order valence-corrected chi connectivity index (χ1v) is 8.28. The molecule has 1 aromatic rings. The van der Waals surface area contributed by atoms with E-state index in [1.54, 1.807) is 12.1 Å². The SMILES string of the molecule is CC(=O)N1CC(c2ccc(OC(F)F)c(OCC3CC3)c2)=CC1C(=O)O. The third-order valence-electron chi connectivity index (χ3n) is 4.40. The van der Waals surface area contributed by atoms with E-state index in [9.17, 15) is 23.5 Å². The fourth-order valence-corrected chi connectivity index (χ4v) is 2.82. The summed E-state index contributed by atoms with van der Waals surface area (Å²) in [5.74, 6) is -0.942. The maximum absolute atomic E-state index is 12.6. The molecule has 0 saturated heterocycles. The summed E-state index contributed by atoms with van der Waals surface area (Å²) in [6.45, 7) is -1.13. The summed E-state index contributed by atoms with van der Waals surface area (Å²) < 4.78 is 35.3. The van der Waals surface area contributed by atoms with Crippen molar-refractivity contribution in [1.82, 2.24) is 4.90 Å². The number of carbonyl (C=O) groups excluding carboxylic acids is 1. The maximum Gasteiger partial charge on any atom is 0.387 e. The Kier molecular flexibility index (Phi) is 5.11. The fourth-order valence-electron chi connectivity index (χ4n) is 2.82. The number of aliphatic carboxylic acids is 1.